The molecule has 0 saturated heterocycles. The molecule has 0 spiro atoms. The van der Waals surface area contributed by atoms with Gasteiger partial charge in [-0.3, -0.25) is 14.4 Å². The minimum absolute atomic E-state index is 0.0453. The van der Waals surface area contributed by atoms with Crippen LogP contribution in [0.5, 0.6) is 5.75 Å². The van der Waals surface area contributed by atoms with Crippen LogP contribution in [0.25, 0.3) is 0 Å². The molecule has 58 heavy (non-hydrogen) atoms. The summed E-state index contributed by atoms with van der Waals surface area (Å²) >= 11 is 0. The number of rotatable bonds is 16. The van der Waals surface area contributed by atoms with Crippen LogP contribution in [0.15, 0.2) is 24.3 Å². The minimum atomic E-state index is -0.906. The Kier molecular flexibility index (Phi) is 13.2. The molecule has 4 aliphatic rings. The fourth-order valence-corrected chi connectivity index (χ4v) is 11.8. The van der Waals surface area contributed by atoms with E-state index in [2.05, 4.69) is 46.8 Å². The summed E-state index contributed by atoms with van der Waals surface area (Å²) in [4.78, 5) is 51.1. The number of carbonyl (C=O) groups excluding carboxylic acids is 3. The first-order valence-corrected chi connectivity index (χ1v) is 21.7. The van der Waals surface area contributed by atoms with Gasteiger partial charge in [0.2, 0.25) is 0 Å². The zero-order valence-electron chi connectivity index (χ0n) is 36.1. The van der Waals surface area contributed by atoms with Crippen molar-refractivity contribution >= 4 is 24.4 Å². The van der Waals surface area contributed by atoms with E-state index >= 15 is 0 Å². The number of hydrogen-bond donors (Lipinski definition) is 1. The zero-order chi connectivity index (χ0) is 42.0. The first kappa shape index (κ1) is 43.8. The molecule has 2 aromatic rings. The van der Waals surface area contributed by atoms with Crippen molar-refractivity contribution in [3.63, 3.8) is 0 Å². The third-order valence-corrected chi connectivity index (χ3v) is 14.9. The van der Waals surface area contributed by atoms with Gasteiger partial charge in [-0.2, -0.15) is 0 Å². The average molecular weight is 803 g/mol. The maximum Gasteiger partial charge on any atom is 0.335 e. The highest BCUT2D eigenvalue weighted by Crippen LogP contribution is 2.60. The number of hydrogen-bond acceptors (Lipinski definition) is 9. The van der Waals surface area contributed by atoms with Crippen LogP contribution in [-0.4, -0.2) is 69.1 Å². The number of esters is 2. The SMILES string of the molecule is CC(C)c1cc2c(cc1OC=O)C1(C)CCCC(C)(C(=O)OCCOCCOCCOC(=O)C3(C)CCCC4(C)c5cc(C(=O)O)c(C(C)C)cc5CCC34)C1CC2. The van der Waals surface area contributed by atoms with Crippen LogP contribution in [0.2, 0.25) is 0 Å². The fraction of sp³-hybridized carbons (Fsp3) is 0.667. The number of aromatic carboxylic acids is 1. The van der Waals surface area contributed by atoms with E-state index in [-0.39, 0.29) is 72.9 Å². The van der Waals surface area contributed by atoms with Gasteiger partial charge in [0, 0.05) is 0 Å². The van der Waals surface area contributed by atoms with Crippen LogP contribution in [0.4, 0.5) is 0 Å². The van der Waals surface area contributed by atoms with Gasteiger partial charge < -0.3 is 28.8 Å². The van der Waals surface area contributed by atoms with Gasteiger partial charge in [-0.15, -0.1) is 0 Å². The lowest BCUT2D eigenvalue weighted by Crippen LogP contribution is -2.53. The Morgan fingerprint density at radius 3 is 1.57 bits per heavy atom. The van der Waals surface area contributed by atoms with Gasteiger partial charge in [-0.1, -0.05) is 66.5 Å². The molecule has 6 rings (SSSR count). The number of aryl methyl sites for hydroxylation is 2. The van der Waals surface area contributed by atoms with Crippen LogP contribution in [0.1, 0.15) is 162 Å². The summed E-state index contributed by atoms with van der Waals surface area (Å²) in [6, 6.07) is 8.23. The molecule has 0 radical (unpaired) electrons. The standard InChI is InChI=1S/C48H66O10/c1-30(2)34-25-32-11-13-40-45(5,37(32)27-36(34)42(50)51)15-9-17-47(40,7)43(52)56-23-21-54-19-20-55-22-24-57-44(53)48(8)18-10-16-46(6)38-28-39(58-29-49)35(31(3)4)26-33(38)12-14-41(46)48/h25-31,40-41H,9-24H2,1-8H3,(H,50,51). The first-order chi connectivity index (χ1) is 27.5. The van der Waals surface area contributed by atoms with Gasteiger partial charge >= 0.3 is 17.9 Å². The van der Waals surface area contributed by atoms with Crippen LogP contribution in [0.3, 0.4) is 0 Å². The Hall–Kier alpha value is -3.76. The number of ether oxygens (including phenoxy) is 5. The van der Waals surface area contributed by atoms with Gasteiger partial charge in [-0.05, 0) is 145 Å². The molecular formula is C48H66O10. The van der Waals surface area contributed by atoms with Crippen LogP contribution < -0.4 is 4.74 Å². The summed E-state index contributed by atoms with van der Waals surface area (Å²) in [6.45, 7) is 18.7. The second-order valence-corrected chi connectivity index (χ2v) is 19.0. The fourth-order valence-electron chi connectivity index (χ4n) is 11.8. The van der Waals surface area contributed by atoms with Gasteiger partial charge in [0.1, 0.15) is 19.0 Å². The van der Waals surface area contributed by atoms with Crippen molar-refractivity contribution in [2.24, 2.45) is 22.7 Å². The van der Waals surface area contributed by atoms with Gasteiger partial charge in [0.15, 0.2) is 0 Å². The lowest BCUT2D eigenvalue weighted by atomic mass is 9.49. The number of carboxylic acids is 1. The van der Waals surface area contributed by atoms with Crippen molar-refractivity contribution in [3.8, 4) is 5.75 Å². The van der Waals surface area contributed by atoms with E-state index in [9.17, 15) is 24.3 Å². The Bertz CT molecular complexity index is 1870. The summed E-state index contributed by atoms with van der Waals surface area (Å²) in [6.07, 6.45) is 8.57. The molecule has 0 aliphatic heterocycles. The van der Waals surface area contributed by atoms with E-state index in [0.29, 0.717) is 31.0 Å². The van der Waals surface area contributed by atoms with Crippen LogP contribution in [-0.2, 0) is 57.0 Å². The summed E-state index contributed by atoms with van der Waals surface area (Å²) < 4.78 is 28.6. The molecule has 4 aliphatic carbocycles. The number of benzene rings is 2. The summed E-state index contributed by atoms with van der Waals surface area (Å²) in [5, 5.41) is 10.0. The molecule has 2 aromatic carbocycles. The Morgan fingerprint density at radius 1 is 0.672 bits per heavy atom. The Labute approximate surface area is 345 Å². The highest BCUT2D eigenvalue weighted by Gasteiger charge is 2.57. The first-order valence-electron chi connectivity index (χ1n) is 21.7. The summed E-state index contributed by atoms with van der Waals surface area (Å²) in [7, 11) is 0. The molecule has 2 fully saturated rings. The van der Waals surface area contributed by atoms with Gasteiger partial charge in [-0.25, -0.2) is 4.79 Å². The molecule has 10 nitrogen and oxygen atoms in total. The van der Waals surface area contributed by atoms with Crippen LogP contribution in [0, 0.1) is 22.7 Å². The smallest absolute Gasteiger partial charge is 0.335 e. The van der Waals surface area contributed by atoms with E-state index in [1.165, 1.54) is 16.7 Å². The van der Waals surface area contributed by atoms with Crippen LogP contribution >= 0.6 is 0 Å². The molecule has 2 saturated carbocycles. The van der Waals surface area contributed by atoms with Gasteiger partial charge in [0.05, 0.1) is 42.8 Å². The third kappa shape index (κ3) is 8.09. The number of fused-ring (bicyclic) bond motifs is 6. The topological polar surface area (TPSA) is 135 Å². The average Bonchev–Trinajstić information content (AvgIpc) is 3.17. The second-order valence-electron chi connectivity index (χ2n) is 19.0. The predicted molar refractivity (Wildman–Crippen MR) is 221 cm³/mol. The van der Waals surface area contributed by atoms with E-state index in [4.69, 9.17) is 23.7 Å². The van der Waals surface area contributed by atoms with E-state index in [0.717, 1.165) is 80.9 Å². The quantitative estimate of drug-likeness (QED) is 0.0996. The third-order valence-electron chi connectivity index (χ3n) is 14.9. The highest BCUT2D eigenvalue weighted by molar-refractivity contribution is 5.90. The molecule has 10 heteroatoms. The maximum absolute atomic E-state index is 13.7. The normalized spacial score (nSPS) is 28.8. The minimum Gasteiger partial charge on any atom is -0.478 e. The second kappa shape index (κ2) is 17.5. The highest BCUT2D eigenvalue weighted by atomic mass is 16.6. The monoisotopic (exact) mass is 802 g/mol. The predicted octanol–water partition coefficient (Wildman–Crippen LogP) is 9.01. The van der Waals surface area contributed by atoms with Crippen molar-refractivity contribution in [1.29, 1.82) is 0 Å². The zero-order valence-corrected chi connectivity index (χ0v) is 36.1. The van der Waals surface area contributed by atoms with Crippen molar-refractivity contribution in [1.82, 2.24) is 0 Å². The van der Waals surface area contributed by atoms with E-state index in [1.807, 2.05) is 32.9 Å². The van der Waals surface area contributed by atoms with Crippen molar-refractivity contribution in [2.75, 3.05) is 39.6 Å². The molecular weight excluding hydrogens is 737 g/mol. The van der Waals surface area contributed by atoms with Crippen molar-refractivity contribution < 1.29 is 48.0 Å². The Balaban J connectivity index is 0.937. The van der Waals surface area contributed by atoms with Gasteiger partial charge in [0.25, 0.3) is 6.47 Å². The molecule has 6 atom stereocenters. The largest absolute Gasteiger partial charge is 0.478 e. The lowest BCUT2D eigenvalue weighted by Gasteiger charge is -2.54. The molecule has 1 N–H and O–H groups in total. The van der Waals surface area contributed by atoms with Crippen molar-refractivity contribution in [3.05, 3.63) is 63.2 Å². The molecule has 6 unspecified atom stereocenters. The number of carboxylic acid groups (broad SMARTS) is 1. The summed E-state index contributed by atoms with van der Waals surface area (Å²) in [5.41, 5.74) is 5.16. The summed E-state index contributed by atoms with van der Waals surface area (Å²) in [5.74, 6) is -0.230. The maximum atomic E-state index is 13.7. The van der Waals surface area contributed by atoms with Crippen molar-refractivity contribution in [2.45, 2.75) is 142 Å². The molecule has 0 heterocycles. The molecule has 318 valence electrons. The molecule has 0 amide bonds. The molecule has 0 bridgehead atoms. The Morgan fingerprint density at radius 2 is 1.12 bits per heavy atom. The van der Waals surface area contributed by atoms with E-state index in [1.54, 1.807) is 0 Å². The molecule has 0 aromatic heterocycles. The van der Waals surface area contributed by atoms with E-state index < -0.39 is 16.8 Å². The lowest BCUT2D eigenvalue weighted by molar-refractivity contribution is -0.167. The number of carbonyl (C=O) groups is 4.